The van der Waals surface area contributed by atoms with E-state index in [9.17, 15) is 0 Å². The minimum absolute atomic E-state index is 0.680. The highest BCUT2D eigenvalue weighted by Crippen LogP contribution is 2.30. The van der Waals surface area contributed by atoms with Gasteiger partial charge in [0.25, 0.3) is 0 Å². The molecule has 0 amide bonds. The second-order valence-corrected chi connectivity index (χ2v) is 5.84. The fraction of sp³-hybridized carbons (Fsp3) is 1.00. The lowest BCUT2D eigenvalue weighted by Crippen LogP contribution is -2.54. The number of hydrogen-bond acceptors (Lipinski definition) is 3. The van der Waals surface area contributed by atoms with E-state index in [2.05, 4.69) is 31.0 Å². The summed E-state index contributed by atoms with van der Waals surface area (Å²) in [5.41, 5.74) is 0. The van der Waals surface area contributed by atoms with Gasteiger partial charge >= 0.3 is 0 Å². The molecule has 114 valence electrons. The van der Waals surface area contributed by atoms with Crippen LogP contribution in [0, 0.1) is 5.92 Å². The van der Waals surface area contributed by atoms with Gasteiger partial charge in [0.2, 0.25) is 0 Å². The summed E-state index contributed by atoms with van der Waals surface area (Å²) in [4.78, 5) is 2.62. The average Bonchev–Trinajstić information content (AvgIpc) is 2.46. The van der Waals surface area contributed by atoms with Crippen LogP contribution in [0.4, 0.5) is 0 Å². The van der Waals surface area contributed by atoms with Crippen LogP contribution in [-0.2, 0) is 4.74 Å². The molecule has 0 saturated heterocycles. The zero-order valence-electron chi connectivity index (χ0n) is 13.5. The maximum Gasteiger partial charge on any atom is 0.0589 e. The molecule has 1 N–H and O–H groups in total. The Balaban J connectivity index is 2.61. The quantitative estimate of drug-likeness (QED) is 0.697. The van der Waals surface area contributed by atoms with Gasteiger partial charge in [0.15, 0.2) is 0 Å². The highest BCUT2D eigenvalue weighted by atomic mass is 16.5. The Kier molecular flexibility index (Phi) is 8.67. The van der Waals surface area contributed by atoms with Crippen LogP contribution >= 0.6 is 0 Å². The first-order valence-electron chi connectivity index (χ1n) is 8.23. The minimum atomic E-state index is 0.680. The summed E-state index contributed by atoms with van der Waals surface area (Å²) in [6, 6.07) is 1.38. The lowest BCUT2D eigenvalue weighted by Gasteiger charge is -2.43. The third-order valence-electron chi connectivity index (χ3n) is 4.62. The number of nitrogens with zero attached hydrogens (tertiary/aromatic N) is 1. The Morgan fingerprint density at radius 1 is 1.21 bits per heavy atom. The number of ether oxygens (including phenoxy) is 1. The summed E-state index contributed by atoms with van der Waals surface area (Å²) < 4.78 is 5.27. The summed E-state index contributed by atoms with van der Waals surface area (Å²) in [6.45, 7) is 11.1. The van der Waals surface area contributed by atoms with Crippen molar-refractivity contribution < 1.29 is 4.74 Å². The van der Waals surface area contributed by atoms with Gasteiger partial charge in [0, 0.05) is 25.7 Å². The maximum atomic E-state index is 5.27. The van der Waals surface area contributed by atoms with E-state index in [1.807, 2.05) is 0 Å². The van der Waals surface area contributed by atoms with Gasteiger partial charge in [0.1, 0.15) is 0 Å². The molecule has 0 bridgehead atoms. The van der Waals surface area contributed by atoms with Crippen LogP contribution < -0.4 is 5.32 Å². The molecule has 0 aromatic carbocycles. The largest absolute Gasteiger partial charge is 0.383 e. The molecule has 19 heavy (non-hydrogen) atoms. The first-order chi connectivity index (χ1) is 9.26. The predicted octanol–water partition coefficient (Wildman–Crippen LogP) is 2.90. The minimum Gasteiger partial charge on any atom is -0.383 e. The van der Waals surface area contributed by atoms with Crippen molar-refractivity contribution in [2.45, 2.75) is 65.0 Å². The van der Waals surface area contributed by atoms with Gasteiger partial charge in [-0.3, -0.25) is 4.90 Å². The molecule has 3 atom stereocenters. The van der Waals surface area contributed by atoms with Crippen molar-refractivity contribution in [2.75, 3.05) is 33.4 Å². The van der Waals surface area contributed by atoms with Crippen LogP contribution in [0.15, 0.2) is 0 Å². The first kappa shape index (κ1) is 16.9. The van der Waals surface area contributed by atoms with Gasteiger partial charge in [-0.2, -0.15) is 0 Å². The van der Waals surface area contributed by atoms with E-state index in [4.69, 9.17) is 4.74 Å². The lowest BCUT2D eigenvalue weighted by molar-refractivity contribution is 0.0711. The monoisotopic (exact) mass is 270 g/mol. The van der Waals surface area contributed by atoms with Gasteiger partial charge in [0.05, 0.1) is 6.61 Å². The van der Waals surface area contributed by atoms with Gasteiger partial charge in [-0.05, 0) is 44.7 Å². The van der Waals surface area contributed by atoms with Crippen molar-refractivity contribution in [3.8, 4) is 0 Å². The smallest absolute Gasteiger partial charge is 0.0589 e. The fourth-order valence-corrected chi connectivity index (χ4v) is 3.34. The molecule has 1 aliphatic rings. The molecule has 3 nitrogen and oxygen atoms in total. The molecular formula is C16H34N2O. The summed E-state index contributed by atoms with van der Waals surface area (Å²) in [5, 5.41) is 3.77. The second-order valence-electron chi connectivity index (χ2n) is 5.84. The summed E-state index contributed by atoms with van der Waals surface area (Å²) in [6.07, 6.45) is 6.65. The summed E-state index contributed by atoms with van der Waals surface area (Å²) in [5.74, 6) is 0.918. The number of hydrogen-bond donors (Lipinski definition) is 1. The Morgan fingerprint density at radius 2 is 2.00 bits per heavy atom. The van der Waals surface area contributed by atoms with Crippen molar-refractivity contribution in [1.29, 1.82) is 0 Å². The highest BCUT2D eigenvalue weighted by Gasteiger charge is 2.32. The van der Waals surface area contributed by atoms with Crippen LogP contribution in [0.1, 0.15) is 52.9 Å². The molecule has 0 heterocycles. The lowest BCUT2D eigenvalue weighted by atomic mass is 9.80. The third kappa shape index (κ3) is 5.41. The van der Waals surface area contributed by atoms with Crippen LogP contribution in [0.25, 0.3) is 0 Å². The van der Waals surface area contributed by atoms with E-state index in [0.717, 1.165) is 32.2 Å². The number of nitrogens with one attached hydrogen (secondary N) is 1. The van der Waals surface area contributed by atoms with E-state index in [-0.39, 0.29) is 0 Å². The molecule has 0 aromatic rings. The molecule has 3 unspecified atom stereocenters. The molecule has 0 spiro atoms. The van der Waals surface area contributed by atoms with E-state index in [0.29, 0.717) is 12.1 Å². The van der Waals surface area contributed by atoms with Gasteiger partial charge in [-0.25, -0.2) is 0 Å². The molecular weight excluding hydrogens is 236 g/mol. The van der Waals surface area contributed by atoms with E-state index in [1.165, 1.54) is 32.1 Å². The molecule has 0 aliphatic heterocycles. The normalized spacial score (nSPS) is 27.9. The topological polar surface area (TPSA) is 24.5 Å². The standard InChI is InChI=1S/C16H34N2O/c1-5-10-17-15-9-8-14(6-2)13-16(15)18(7-3)11-12-19-4/h14-17H,5-13H2,1-4H3. The summed E-state index contributed by atoms with van der Waals surface area (Å²) >= 11 is 0. The molecule has 3 heteroatoms. The average molecular weight is 270 g/mol. The van der Waals surface area contributed by atoms with Crippen LogP contribution in [0.3, 0.4) is 0 Å². The Hall–Kier alpha value is -0.120. The molecule has 1 fully saturated rings. The zero-order valence-corrected chi connectivity index (χ0v) is 13.5. The van der Waals surface area contributed by atoms with E-state index in [1.54, 1.807) is 7.11 Å². The first-order valence-corrected chi connectivity index (χ1v) is 8.23. The highest BCUT2D eigenvalue weighted by molar-refractivity contribution is 4.90. The maximum absolute atomic E-state index is 5.27. The van der Waals surface area contributed by atoms with Crippen molar-refractivity contribution in [2.24, 2.45) is 5.92 Å². The Morgan fingerprint density at radius 3 is 2.58 bits per heavy atom. The summed E-state index contributed by atoms with van der Waals surface area (Å²) in [7, 11) is 1.80. The molecule has 1 saturated carbocycles. The van der Waals surface area contributed by atoms with Gasteiger partial charge in [-0.1, -0.05) is 27.2 Å². The van der Waals surface area contributed by atoms with Gasteiger partial charge in [-0.15, -0.1) is 0 Å². The van der Waals surface area contributed by atoms with Crippen LogP contribution in [-0.4, -0.2) is 50.3 Å². The molecule has 1 aliphatic carbocycles. The SMILES string of the molecule is CCCNC1CCC(CC)CC1N(CC)CCOC. The predicted molar refractivity (Wildman–Crippen MR) is 82.6 cm³/mol. The Bertz CT molecular complexity index is 213. The van der Waals surface area contributed by atoms with Crippen LogP contribution in [0.5, 0.6) is 0 Å². The number of likely N-dealkylation sites (N-methyl/N-ethyl adjacent to an activating group) is 1. The second kappa shape index (κ2) is 9.73. The van der Waals surface area contributed by atoms with Crippen molar-refractivity contribution >= 4 is 0 Å². The third-order valence-corrected chi connectivity index (χ3v) is 4.62. The molecule has 1 rings (SSSR count). The van der Waals surface area contributed by atoms with Crippen molar-refractivity contribution in [3.05, 3.63) is 0 Å². The molecule has 0 aromatic heterocycles. The van der Waals surface area contributed by atoms with Crippen molar-refractivity contribution in [1.82, 2.24) is 10.2 Å². The fourth-order valence-electron chi connectivity index (χ4n) is 3.34. The van der Waals surface area contributed by atoms with Crippen molar-refractivity contribution in [3.63, 3.8) is 0 Å². The number of methoxy groups -OCH3 is 1. The number of rotatable bonds is 9. The Labute approximate surface area is 120 Å². The zero-order chi connectivity index (χ0) is 14.1. The van der Waals surface area contributed by atoms with Gasteiger partial charge < -0.3 is 10.1 Å². The van der Waals surface area contributed by atoms with E-state index < -0.39 is 0 Å². The van der Waals surface area contributed by atoms with Crippen LogP contribution in [0.2, 0.25) is 0 Å². The molecule has 0 radical (unpaired) electrons. The van der Waals surface area contributed by atoms with E-state index >= 15 is 0 Å².